The zero-order valence-corrected chi connectivity index (χ0v) is 11.5. The summed E-state index contributed by atoms with van der Waals surface area (Å²) in [5, 5.41) is 13.9. The van der Waals surface area contributed by atoms with E-state index in [1.807, 2.05) is 0 Å². The van der Waals surface area contributed by atoms with Crippen LogP contribution in [-0.4, -0.2) is 57.8 Å². The van der Waals surface area contributed by atoms with Crippen LogP contribution in [0, 0.1) is 0 Å². The summed E-state index contributed by atoms with van der Waals surface area (Å²) in [4.78, 5) is 4.53. The third kappa shape index (κ3) is 3.66. The minimum atomic E-state index is -3.62. The molecular weight excluding hydrogens is 266 g/mol. The topological polar surface area (TPSA) is 86.9 Å². The van der Waals surface area contributed by atoms with Crippen molar-refractivity contribution in [3.63, 3.8) is 0 Å². The van der Waals surface area contributed by atoms with Gasteiger partial charge in [-0.2, -0.15) is 0 Å². The molecule has 6 nitrogen and oxygen atoms in total. The van der Waals surface area contributed by atoms with E-state index in [4.69, 9.17) is 10.2 Å². The number of nitrogens with two attached hydrogens (primary N) is 1. The van der Waals surface area contributed by atoms with Crippen molar-refractivity contribution < 1.29 is 13.5 Å². The first-order chi connectivity index (χ1) is 9.00. The van der Waals surface area contributed by atoms with Gasteiger partial charge in [0.1, 0.15) is 0 Å². The highest BCUT2D eigenvalue weighted by atomic mass is 32.2. The van der Waals surface area contributed by atoms with Gasteiger partial charge in [0.2, 0.25) is 10.0 Å². The van der Waals surface area contributed by atoms with Crippen molar-refractivity contribution in [1.82, 2.24) is 4.90 Å². The molecule has 0 amide bonds. The van der Waals surface area contributed by atoms with Crippen LogP contribution in [0.3, 0.4) is 0 Å². The van der Waals surface area contributed by atoms with Gasteiger partial charge in [0.25, 0.3) is 0 Å². The molecule has 19 heavy (non-hydrogen) atoms. The number of primary sulfonamides is 1. The monoisotopic (exact) mass is 285 g/mol. The van der Waals surface area contributed by atoms with Gasteiger partial charge in [0, 0.05) is 38.4 Å². The van der Waals surface area contributed by atoms with Gasteiger partial charge >= 0.3 is 0 Å². The normalized spacial score (nSPS) is 17.7. The molecule has 106 valence electrons. The Labute approximate surface area is 113 Å². The lowest BCUT2D eigenvalue weighted by Crippen LogP contribution is -2.47. The average molecular weight is 285 g/mol. The van der Waals surface area contributed by atoms with E-state index in [9.17, 15) is 8.42 Å². The van der Waals surface area contributed by atoms with Gasteiger partial charge in [-0.05, 0) is 24.3 Å². The number of sulfonamides is 1. The molecular formula is C12H19N3O3S. The number of nitrogens with zero attached hydrogens (tertiary/aromatic N) is 2. The van der Waals surface area contributed by atoms with Crippen LogP contribution in [0.1, 0.15) is 0 Å². The molecule has 1 fully saturated rings. The molecule has 1 aliphatic heterocycles. The fraction of sp³-hybridized carbons (Fsp3) is 0.500. The van der Waals surface area contributed by atoms with Crippen molar-refractivity contribution in [2.75, 3.05) is 44.2 Å². The smallest absolute Gasteiger partial charge is 0.238 e. The maximum atomic E-state index is 11.2. The summed E-state index contributed by atoms with van der Waals surface area (Å²) in [5.74, 6) is 0. The van der Waals surface area contributed by atoms with Crippen LogP contribution in [-0.2, 0) is 10.0 Å². The van der Waals surface area contributed by atoms with Crippen LogP contribution in [0.5, 0.6) is 0 Å². The molecule has 7 heteroatoms. The zero-order chi connectivity index (χ0) is 13.9. The van der Waals surface area contributed by atoms with Crippen molar-refractivity contribution in [3.8, 4) is 0 Å². The minimum absolute atomic E-state index is 0.134. The predicted molar refractivity (Wildman–Crippen MR) is 73.6 cm³/mol. The number of piperazine rings is 1. The highest BCUT2D eigenvalue weighted by molar-refractivity contribution is 7.89. The number of β-amino-alcohol motifs (C(OH)–C–C–N with tert-alkyl or cyclic N) is 1. The van der Waals surface area contributed by atoms with E-state index in [0.29, 0.717) is 6.54 Å². The van der Waals surface area contributed by atoms with Crippen LogP contribution in [0.15, 0.2) is 29.2 Å². The Kier molecular flexibility index (Phi) is 4.41. The maximum absolute atomic E-state index is 11.2. The van der Waals surface area contributed by atoms with E-state index in [1.165, 1.54) is 12.1 Å². The summed E-state index contributed by atoms with van der Waals surface area (Å²) in [6, 6.07) is 6.62. The molecule has 1 aromatic rings. The Balaban J connectivity index is 2.00. The SMILES string of the molecule is NS(=O)(=O)c1ccc(N2CCN(CCO)CC2)cc1. The maximum Gasteiger partial charge on any atom is 0.238 e. The van der Waals surface area contributed by atoms with Crippen LogP contribution >= 0.6 is 0 Å². The number of rotatable bonds is 4. The van der Waals surface area contributed by atoms with Gasteiger partial charge in [-0.15, -0.1) is 0 Å². The first-order valence-electron chi connectivity index (χ1n) is 6.22. The molecule has 0 bridgehead atoms. The number of anilines is 1. The molecule has 0 radical (unpaired) electrons. The van der Waals surface area contributed by atoms with Crippen molar-refractivity contribution in [3.05, 3.63) is 24.3 Å². The van der Waals surface area contributed by atoms with Crippen LogP contribution < -0.4 is 10.0 Å². The second kappa shape index (κ2) is 5.87. The van der Waals surface area contributed by atoms with E-state index in [1.54, 1.807) is 12.1 Å². The fourth-order valence-electron chi connectivity index (χ4n) is 2.22. The Hall–Kier alpha value is -1.15. The van der Waals surface area contributed by atoms with Crippen LogP contribution in [0.25, 0.3) is 0 Å². The second-order valence-electron chi connectivity index (χ2n) is 4.59. The van der Waals surface area contributed by atoms with Crippen LogP contribution in [0.2, 0.25) is 0 Å². The molecule has 2 rings (SSSR count). The lowest BCUT2D eigenvalue weighted by atomic mass is 10.2. The van der Waals surface area contributed by atoms with Gasteiger partial charge in [0.05, 0.1) is 11.5 Å². The lowest BCUT2D eigenvalue weighted by Gasteiger charge is -2.35. The van der Waals surface area contributed by atoms with Gasteiger partial charge in [0.15, 0.2) is 0 Å². The van der Waals surface area contributed by atoms with Gasteiger partial charge in [-0.1, -0.05) is 0 Å². The molecule has 1 heterocycles. The molecule has 0 saturated carbocycles. The van der Waals surface area contributed by atoms with E-state index in [0.717, 1.165) is 31.9 Å². The minimum Gasteiger partial charge on any atom is -0.395 e. The zero-order valence-electron chi connectivity index (χ0n) is 10.7. The molecule has 0 aromatic heterocycles. The first-order valence-corrected chi connectivity index (χ1v) is 7.76. The average Bonchev–Trinajstić information content (AvgIpc) is 2.39. The van der Waals surface area contributed by atoms with E-state index < -0.39 is 10.0 Å². The van der Waals surface area contributed by atoms with Gasteiger partial charge < -0.3 is 10.0 Å². The Morgan fingerprint density at radius 3 is 2.16 bits per heavy atom. The van der Waals surface area contributed by atoms with Crippen molar-refractivity contribution in [1.29, 1.82) is 0 Å². The van der Waals surface area contributed by atoms with Crippen molar-refractivity contribution in [2.24, 2.45) is 5.14 Å². The summed E-state index contributed by atoms with van der Waals surface area (Å²) >= 11 is 0. The highest BCUT2D eigenvalue weighted by Gasteiger charge is 2.17. The summed E-state index contributed by atoms with van der Waals surface area (Å²) < 4.78 is 22.3. The molecule has 0 unspecified atom stereocenters. The first kappa shape index (κ1) is 14.3. The molecule has 0 aliphatic carbocycles. The quantitative estimate of drug-likeness (QED) is 0.775. The number of hydrogen-bond donors (Lipinski definition) is 2. The van der Waals surface area contributed by atoms with Crippen molar-refractivity contribution in [2.45, 2.75) is 4.90 Å². The van der Waals surface area contributed by atoms with Gasteiger partial charge in [-0.3, -0.25) is 4.90 Å². The second-order valence-corrected chi connectivity index (χ2v) is 6.15. The number of aliphatic hydroxyl groups excluding tert-OH is 1. The third-order valence-corrected chi connectivity index (χ3v) is 4.25. The Morgan fingerprint density at radius 2 is 1.68 bits per heavy atom. The number of hydrogen-bond acceptors (Lipinski definition) is 5. The number of aliphatic hydroxyl groups is 1. The summed E-state index contributed by atoms with van der Waals surface area (Å²) in [6.07, 6.45) is 0. The summed E-state index contributed by atoms with van der Waals surface area (Å²) in [5.41, 5.74) is 0.996. The molecule has 0 spiro atoms. The predicted octanol–water partition coefficient (Wildman–Crippen LogP) is -0.552. The third-order valence-electron chi connectivity index (χ3n) is 3.32. The van der Waals surface area contributed by atoms with Gasteiger partial charge in [-0.25, -0.2) is 13.6 Å². The lowest BCUT2D eigenvalue weighted by molar-refractivity contribution is 0.189. The molecule has 1 aliphatic rings. The summed E-state index contributed by atoms with van der Waals surface area (Å²) in [7, 11) is -3.62. The molecule has 1 saturated heterocycles. The standard InChI is InChI=1S/C12H19N3O3S/c13-19(17,18)12-3-1-11(2-4-12)15-7-5-14(6-8-15)9-10-16/h1-4,16H,5-10H2,(H2,13,17,18). The van der Waals surface area contributed by atoms with E-state index in [-0.39, 0.29) is 11.5 Å². The summed E-state index contributed by atoms with van der Waals surface area (Å²) in [6.45, 7) is 4.43. The number of benzene rings is 1. The fourth-order valence-corrected chi connectivity index (χ4v) is 2.73. The molecule has 1 aromatic carbocycles. The Bertz CT molecular complexity index is 508. The van der Waals surface area contributed by atoms with E-state index in [2.05, 4.69) is 9.80 Å². The molecule has 3 N–H and O–H groups in total. The highest BCUT2D eigenvalue weighted by Crippen LogP contribution is 2.18. The van der Waals surface area contributed by atoms with E-state index >= 15 is 0 Å². The van der Waals surface area contributed by atoms with Crippen LogP contribution in [0.4, 0.5) is 5.69 Å². The molecule has 0 atom stereocenters. The largest absolute Gasteiger partial charge is 0.395 e. The van der Waals surface area contributed by atoms with Crippen molar-refractivity contribution >= 4 is 15.7 Å². The Morgan fingerprint density at radius 1 is 1.11 bits per heavy atom.